The number of ether oxygens (including phenoxy) is 2. The molecule has 5 nitrogen and oxygen atoms in total. The maximum Gasteiger partial charge on any atom is 0.573 e. The maximum absolute atomic E-state index is 12.1. The molecule has 0 aliphatic heterocycles. The summed E-state index contributed by atoms with van der Waals surface area (Å²) in [4.78, 5) is 2.54. The maximum atomic E-state index is 12.1. The van der Waals surface area contributed by atoms with Crippen molar-refractivity contribution in [1.82, 2.24) is 0 Å². The Kier molecular flexibility index (Phi) is 5.13. The summed E-state index contributed by atoms with van der Waals surface area (Å²) in [6.45, 7) is 0.357. The van der Waals surface area contributed by atoms with Gasteiger partial charge >= 0.3 is 6.36 Å². The molecule has 0 heterocycles. The van der Waals surface area contributed by atoms with Crippen LogP contribution in [0, 0.1) is 0 Å². The number of hydrogen-bond acceptors (Lipinski definition) is 3. The summed E-state index contributed by atoms with van der Waals surface area (Å²) in [5.74, 6) is -0.399. The number of halogens is 3. The molecule has 0 amide bonds. The molecule has 1 aromatic rings. The second-order valence-corrected chi connectivity index (χ2v) is 3.15. The van der Waals surface area contributed by atoms with Gasteiger partial charge in [0.2, 0.25) is 0 Å². The van der Waals surface area contributed by atoms with Crippen molar-refractivity contribution < 1.29 is 22.6 Å². The monoisotopic (exact) mass is 261 g/mol. The molecule has 1 aromatic carbocycles. The second-order valence-electron chi connectivity index (χ2n) is 3.15. The molecule has 0 aliphatic rings. The van der Waals surface area contributed by atoms with E-state index in [2.05, 4.69) is 14.8 Å². The molecular weight excluding hydrogens is 251 g/mol. The minimum atomic E-state index is -4.76. The topological polar surface area (TPSA) is 67.2 Å². The molecule has 0 saturated carbocycles. The van der Waals surface area contributed by atoms with Gasteiger partial charge in [0.15, 0.2) is 11.5 Å². The van der Waals surface area contributed by atoms with E-state index in [1.54, 1.807) is 0 Å². The van der Waals surface area contributed by atoms with Crippen molar-refractivity contribution in [3.63, 3.8) is 0 Å². The summed E-state index contributed by atoms with van der Waals surface area (Å²) in [7, 11) is 0. The Morgan fingerprint density at radius 3 is 2.50 bits per heavy atom. The minimum absolute atomic E-state index is 0.00392. The summed E-state index contributed by atoms with van der Waals surface area (Å²) in [5.41, 5.74) is 8.03. The van der Waals surface area contributed by atoms with E-state index in [4.69, 9.17) is 10.3 Å². The fourth-order valence-corrected chi connectivity index (χ4v) is 1.14. The van der Waals surface area contributed by atoms with Crippen LogP contribution in [0.15, 0.2) is 29.4 Å². The highest BCUT2D eigenvalue weighted by molar-refractivity contribution is 5.39. The number of rotatable bonds is 6. The van der Waals surface area contributed by atoms with Crippen LogP contribution in [0.25, 0.3) is 10.4 Å². The first-order chi connectivity index (χ1) is 8.53. The fourth-order valence-electron chi connectivity index (χ4n) is 1.14. The van der Waals surface area contributed by atoms with Gasteiger partial charge in [0.25, 0.3) is 0 Å². The number of para-hydroxylation sites is 2. The van der Waals surface area contributed by atoms with Crippen molar-refractivity contribution in [3.05, 3.63) is 34.7 Å². The lowest BCUT2D eigenvalue weighted by atomic mass is 10.3. The van der Waals surface area contributed by atoms with Crippen LogP contribution >= 0.6 is 0 Å². The fraction of sp³-hybridized carbons (Fsp3) is 0.400. The molecule has 0 aromatic heterocycles. The van der Waals surface area contributed by atoms with Gasteiger partial charge in [-0.1, -0.05) is 17.2 Å². The van der Waals surface area contributed by atoms with Crippen LogP contribution in [0.1, 0.15) is 6.42 Å². The van der Waals surface area contributed by atoms with Gasteiger partial charge < -0.3 is 9.47 Å². The van der Waals surface area contributed by atoms with E-state index in [1.165, 1.54) is 18.2 Å². The van der Waals surface area contributed by atoms with Gasteiger partial charge in [0.05, 0.1) is 6.61 Å². The molecule has 0 fully saturated rings. The van der Waals surface area contributed by atoms with Crippen LogP contribution in [0.3, 0.4) is 0 Å². The molecule has 18 heavy (non-hydrogen) atoms. The summed E-state index contributed by atoms with van der Waals surface area (Å²) < 4.78 is 45.2. The van der Waals surface area contributed by atoms with Gasteiger partial charge in [-0.25, -0.2) is 0 Å². The van der Waals surface area contributed by atoms with Crippen LogP contribution in [0.2, 0.25) is 0 Å². The van der Waals surface area contributed by atoms with Gasteiger partial charge in [0.1, 0.15) is 0 Å². The number of alkyl halides is 3. The van der Waals surface area contributed by atoms with Gasteiger partial charge in [0, 0.05) is 11.5 Å². The SMILES string of the molecule is [N-]=[N+]=NCCCOc1ccccc1OC(F)(F)F. The molecular formula is C10H10F3N3O2. The largest absolute Gasteiger partial charge is 0.573 e. The lowest BCUT2D eigenvalue weighted by molar-refractivity contribution is -0.275. The lowest BCUT2D eigenvalue weighted by Gasteiger charge is -2.13. The third kappa shape index (κ3) is 5.31. The van der Waals surface area contributed by atoms with Crippen LogP contribution in [-0.2, 0) is 0 Å². The average molecular weight is 261 g/mol. The first-order valence-electron chi connectivity index (χ1n) is 5.01. The average Bonchev–Trinajstić information content (AvgIpc) is 2.29. The summed E-state index contributed by atoms with van der Waals surface area (Å²) in [6, 6.07) is 5.48. The van der Waals surface area contributed by atoms with Gasteiger partial charge in [-0.2, -0.15) is 0 Å². The van der Waals surface area contributed by atoms with E-state index in [-0.39, 0.29) is 18.9 Å². The molecule has 1 rings (SSSR count). The van der Waals surface area contributed by atoms with E-state index < -0.39 is 12.1 Å². The molecule has 98 valence electrons. The smallest absolute Gasteiger partial charge is 0.490 e. The summed E-state index contributed by atoms with van der Waals surface area (Å²) in [5, 5.41) is 3.27. The first-order valence-corrected chi connectivity index (χ1v) is 5.01. The Morgan fingerprint density at radius 2 is 1.89 bits per heavy atom. The molecule has 0 saturated heterocycles. The molecule has 0 bridgehead atoms. The zero-order valence-corrected chi connectivity index (χ0v) is 9.22. The Morgan fingerprint density at radius 1 is 1.22 bits per heavy atom. The minimum Gasteiger partial charge on any atom is -0.490 e. The third-order valence-electron chi connectivity index (χ3n) is 1.80. The number of benzene rings is 1. The molecule has 0 aliphatic carbocycles. The Bertz CT molecular complexity index is 431. The van der Waals surface area contributed by atoms with Crippen LogP contribution in [-0.4, -0.2) is 19.5 Å². The Labute approximate surface area is 101 Å². The van der Waals surface area contributed by atoms with Crippen molar-refractivity contribution in [1.29, 1.82) is 0 Å². The Hall–Kier alpha value is -2.08. The Balaban J connectivity index is 2.56. The van der Waals surface area contributed by atoms with Crippen molar-refractivity contribution in [3.8, 4) is 11.5 Å². The standard InChI is InChI=1S/C10H10F3N3O2/c11-10(12,13)18-9-5-2-1-4-8(9)17-7-3-6-15-16-14/h1-2,4-5H,3,6-7H2. The lowest BCUT2D eigenvalue weighted by Crippen LogP contribution is -2.17. The van der Waals surface area contributed by atoms with Crippen molar-refractivity contribution in [2.45, 2.75) is 12.8 Å². The molecule has 8 heteroatoms. The van der Waals surface area contributed by atoms with Gasteiger partial charge in [-0.3, -0.25) is 0 Å². The van der Waals surface area contributed by atoms with Gasteiger partial charge in [-0.05, 0) is 24.1 Å². The highest BCUT2D eigenvalue weighted by atomic mass is 19.4. The van der Waals surface area contributed by atoms with Crippen molar-refractivity contribution in [2.24, 2.45) is 5.11 Å². The van der Waals surface area contributed by atoms with E-state index in [1.807, 2.05) is 0 Å². The first kappa shape index (κ1) is 14.0. The normalized spacial score (nSPS) is 10.6. The zero-order chi connectivity index (χ0) is 13.4. The summed E-state index contributed by atoms with van der Waals surface area (Å²) in [6.07, 6.45) is -4.35. The zero-order valence-electron chi connectivity index (χ0n) is 9.22. The van der Waals surface area contributed by atoms with E-state index in [0.717, 1.165) is 6.07 Å². The van der Waals surface area contributed by atoms with Crippen LogP contribution in [0.5, 0.6) is 11.5 Å². The second kappa shape index (κ2) is 6.61. The van der Waals surface area contributed by atoms with E-state index >= 15 is 0 Å². The van der Waals surface area contributed by atoms with Crippen molar-refractivity contribution in [2.75, 3.05) is 13.2 Å². The molecule has 0 spiro atoms. The van der Waals surface area contributed by atoms with Gasteiger partial charge in [-0.15, -0.1) is 13.2 Å². The number of hydrogen-bond donors (Lipinski definition) is 0. The van der Waals surface area contributed by atoms with E-state index in [0.29, 0.717) is 6.42 Å². The molecule has 0 unspecified atom stereocenters. The summed E-state index contributed by atoms with van der Waals surface area (Å²) >= 11 is 0. The van der Waals surface area contributed by atoms with E-state index in [9.17, 15) is 13.2 Å². The predicted octanol–water partition coefficient (Wildman–Crippen LogP) is 3.66. The van der Waals surface area contributed by atoms with Crippen LogP contribution in [0.4, 0.5) is 13.2 Å². The highest BCUT2D eigenvalue weighted by Crippen LogP contribution is 2.31. The predicted molar refractivity (Wildman–Crippen MR) is 57.3 cm³/mol. The number of nitrogens with zero attached hydrogens (tertiary/aromatic N) is 3. The molecule has 0 radical (unpaired) electrons. The van der Waals surface area contributed by atoms with Crippen molar-refractivity contribution >= 4 is 0 Å². The molecule has 0 atom stereocenters. The number of azide groups is 1. The third-order valence-corrected chi connectivity index (χ3v) is 1.80. The highest BCUT2D eigenvalue weighted by Gasteiger charge is 2.32. The van der Waals surface area contributed by atoms with Crippen LogP contribution < -0.4 is 9.47 Å². The molecule has 0 N–H and O–H groups in total. The quantitative estimate of drug-likeness (QED) is 0.339.